The summed E-state index contributed by atoms with van der Waals surface area (Å²) < 4.78 is 5.93. The molecule has 0 bridgehead atoms. The molecule has 3 nitrogen and oxygen atoms in total. The van der Waals surface area contributed by atoms with Gasteiger partial charge in [0.25, 0.3) is 0 Å². The van der Waals surface area contributed by atoms with Crippen molar-refractivity contribution in [2.45, 2.75) is 6.54 Å². The lowest BCUT2D eigenvalue weighted by Crippen LogP contribution is -2.01. The summed E-state index contributed by atoms with van der Waals surface area (Å²) in [5.74, 6) is 0.964. The lowest BCUT2D eigenvalue weighted by atomic mass is 10.2. The molecule has 0 amide bonds. The number of benzene rings is 2. The molecule has 2 rings (SSSR count). The van der Waals surface area contributed by atoms with Crippen LogP contribution in [-0.2, 0) is 6.54 Å². The van der Waals surface area contributed by atoms with Gasteiger partial charge >= 0.3 is 0 Å². The molecule has 0 aliphatic carbocycles. The first-order valence-electron chi connectivity index (χ1n) is 5.65. The Balaban J connectivity index is 2.13. The van der Waals surface area contributed by atoms with Gasteiger partial charge in [-0.25, -0.2) is 0 Å². The molecule has 2 N–H and O–H groups in total. The van der Waals surface area contributed by atoms with E-state index in [9.17, 15) is 5.11 Å². The number of nitrogens with one attached hydrogen (secondary N) is 1. The smallest absolute Gasteiger partial charge is 0.142 e. The minimum Gasteiger partial charge on any atom is -0.507 e. The van der Waals surface area contributed by atoms with Crippen molar-refractivity contribution in [3.63, 3.8) is 0 Å². The van der Waals surface area contributed by atoms with Crippen LogP contribution in [0.25, 0.3) is 0 Å². The lowest BCUT2D eigenvalue weighted by Gasteiger charge is -2.12. The largest absolute Gasteiger partial charge is 0.507 e. The van der Waals surface area contributed by atoms with E-state index in [-0.39, 0.29) is 5.75 Å². The standard InChI is InChI=1S/C14H13BrClNO2/c1-19-14-5-3-10(16)7-12(14)17-8-9-2-4-13(18)11(15)6-9/h2-7,17-18H,8H2,1H3. The van der Waals surface area contributed by atoms with E-state index in [1.54, 1.807) is 19.2 Å². The zero-order chi connectivity index (χ0) is 13.8. The molecule has 2 aromatic carbocycles. The Labute approximate surface area is 125 Å². The highest BCUT2D eigenvalue weighted by Gasteiger charge is 2.04. The number of methoxy groups -OCH3 is 1. The summed E-state index contributed by atoms with van der Waals surface area (Å²) in [5, 5.41) is 13.3. The van der Waals surface area contributed by atoms with E-state index < -0.39 is 0 Å². The first-order chi connectivity index (χ1) is 9.10. The number of phenols is 1. The van der Waals surface area contributed by atoms with E-state index in [0.29, 0.717) is 16.0 Å². The Morgan fingerprint density at radius 1 is 1.26 bits per heavy atom. The predicted octanol–water partition coefficient (Wildman–Crippen LogP) is 4.43. The summed E-state index contributed by atoms with van der Waals surface area (Å²) in [7, 11) is 1.62. The Bertz CT molecular complexity index is 590. The van der Waals surface area contributed by atoms with Crippen LogP contribution in [0.3, 0.4) is 0 Å². The number of hydrogen-bond donors (Lipinski definition) is 2. The van der Waals surface area contributed by atoms with Gasteiger partial charge in [-0.1, -0.05) is 17.7 Å². The van der Waals surface area contributed by atoms with Crippen molar-refractivity contribution in [2.75, 3.05) is 12.4 Å². The first kappa shape index (κ1) is 14.0. The molecule has 0 saturated carbocycles. The zero-order valence-corrected chi connectivity index (χ0v) is 12.6. The number of ether oxygens (including phenoxy) is 1. The van der Waals surface area contributed by atoms with Crippen molar-refractivity contribution < 1.29 is 9.84 Å². The van der Waals surface area contributed by atoms with Crippen LogP contribution in [0.4, 0.5) is 5.69 Å². The Kier molecular flexibility index (Phi) is 4.56. The van der Waals surface area contributed by atoms with Gasteiger partial charge in [-0.3, -0.25) is 0 Å². The third-order valence-corrected chi connectivity index (χ3v) is 3.53. The molecule has 0 saturated heterocycles. The molecule has 2 aromatic rings. The topological polar surface area (TPSA) is 41.5 Å². The van der Waals surface area contributed by atoms with E-state index >= 15 is 0 Å². The average molecular weight is 343 g/mol. The van der Waals surface area contributed by atoms with E-state index in [0.717, 1.165) is 17.0 Å². The van der Waals surface area contributed by atoms with Gasteiger partial charge in [-0.05, 0) is 51.8 Å². The van der Waals surface area contributed by atoms with Gasteiger partial charge < -0.3 is 15.2 Å². The molecule has 0 unspecified atom stereocenters. The van der Waals surface area contributed by atoms with Gasteiger partial charge in [0.15, 0.2) is 0 Å². The maximum Gasteiger partial charge on any atom is 0.142 e. The Hall–Kier alpha value is -1.39. The summed E-state index contributed by atoms with van der Waals surface area (Å²) in [4.78, 5) is 0. The van der Waals surface area contributed by atoms with E-state index in [1.807, 2.05) is 24.3 Å². The molecule has 19 heavy (non-hydrogen) atoms. The molecule has 0 aromatic heterocycles. The molecule has 0 aliphatic rings. The highest BCUT2D eigenvalue weighted by molar-refractivity contribution is 9.10. The van der Waals surface area contributed by atoms with Crippen molar-refractivity contribution in [1.29, 1.82) is 0 Å². The second-order valence-corrected chi connectivity index (χ2v) is 5.27. The summed E-state index contributed by atoms with van der Waals surface area (Å²) in [5.41, 5.74) is 1.87. The van der Waals surface area contributed by atoms with Gasteiger partial charge in [-0.15, -0.1) is 0 Å². The predicted molar refractivity (Wildman–Crippen MR) is 81.1 cm³/mol. The van der Waals surface area contributed by atoms with Crippen molar-refractivity contribution in [3.8, 4) is 11.5 Å². The fourth-order valence-corrected chi connectivity index (χ4v) is 2.27. The maximum atomic E-state index is 9.44. The average Bonchev–Trinajstić information content (AvgIpc) is 2.40. The number of phenolic OH excluding ortho intramolecular Hbond substituents is 1. The summed E-state index contributed by atoms with van der Waals surface area (Å²) in [6.07, 6.45) is 0. The van der Waals surface area contributed by atoms with Crippen LogP contribution < -0.4 is 10.1 Å². The quantitative estimate of drug-likeness (QED) is 0.863. The third-order valence-electron chi connectivity index (χ3n) is 2.66. The SMILES string of the molecule is COc1ccc(Cl)cc1NCc1ccc(O)c(Br)c1. The van der Waals surface area contributed by atoms with Crippen LogP contribution in [0.15, 0.2) is 40.9 Å². The van der Waals surface area contributed by atoms with Crippen molar-refractivity contribution in [2.24, 2.45) is 0 Å². The summed E-state index contributed by atoms with van der Waals surface area (Å²) in [6, 6.07) is 10.8. The van der Waals surface area contributed by atoms with Crippen LogP contribution in [0, 0.1) is 0 Å². The molecular weight excluding hydrogens is 330 g/mol. The van der Waals surface area contributed by atoms with Crippen LogP contribution in [-0.4, -0.2) is 12.2 Å². The normalized spacial score (nSPS) is 10.3. The number of hydrogen-bond acceptors (Lipinski definition) is 3. The van der Waals surface area contributed by atoms with Gasteiger partial charge in [0.2, 0.25) is 0 Å². The number of rotatable bonds is 4. The minimum absolute atomic E-state index is 0.226. The van der Waals surface area contributed by atoms with Gasteiger partial charge in [0, 0.05) is 11.6 Å². The zero-order valence-electron chi connectivity index (χ0n) is 10.3. The van der Waals surface area contributed by atoms with Gasteiger partial charge in [0.05, 0.1) is 17.3 Å². The van der Waals surface area contributed by atoms with Crippen LogP contribution in [0.1, 0.15) is 5.56 Å². The molecule has 5 heteroatoms. The van der Waals surface area contributed by atoms with Crippen LogP contribution >= 0.6 is 27.5 Å². The fraction of sp³-hybridized carbons (Fsp3) is 0.143. The number of aromatic hydroxyl groups is 1. The van der Waals surface area contributed by atoms with Crippen molar-refractivity contribution in [3.05, 3.63) is 51.5 Å². The monoisotopic (exact) mass is 341 g/mol. The van der Waals surface area contributed by atoms with Crippen LogP contribution in [0.5, 0.6) is 11.5 Å². The van der Waals surface area contributed by atoms with E-state index in [2.05, 4.69) is 21.2 Å². The Morgan fingerprint density at radius 2 is 2.05 bits per heavy atom. The molecule has 0 radical (unpaired) electrons. The summed E-state index contributed by atoms with van der Waals surface area (Å²) in [6.45, 7) is 0.607. The summed E-state index contributed by atoms with van der Waals surface area (Å²) >= 11 is 9.25. The van der Waals surface area contributed by atoms with Crippen molar-refractivity contribution in [1.82, 2.24) is 0 Å². The van der Waals surface area contributed by atoms with Gasteiger partial charge in [0.1, 0.15) is 11.5 Å². The molecule has 0 atom stereocenters. The van der Waals surface area contributed by atoms with Gasteiger partial charge in [-0.2, -0.15) is 0 Å². The van der Waals surface area contributed by atoms with Crippen molar-refractivity contribution >= 4 is 33.2 Å². The number of halogens is 2. The van der Waals surface area contributed by atoms with Crippen LogP contribution in [0.2, 0.25) is 5.02 Å². The second kappa shape index (κ2) is 6.17. The lowest BCUT2D eigenvalue weighted by molar-refractivity contribution is 0.416. The molecule has 0 aliphatic heterocycles. The fourth-order valence-electron chi connectivity index (χ4n) is 1.68. The highest BCUT2D eigenvalue weighted by atomic mass is 79.9. The number of anilines is 1. The first-order valence-corrected chi connectivity index (χ1v) is 6.82. The molecule has 0 spiro atoms. The molecule has 0 heterocycles. The van der Waals surface area contributed by atoms with E-state index in [4.69, 9.17) is 16.3 Å². The molecular formula is C14H13BrClNO2. The maximum absolute atomic E-state index is 9.44. The highest BCUT2D eigenvalue weighted by Crippen LogP contribution is 2.29. The minimum atomic E-state index is 0.226. The molecule has 100 valence electrons. The Morgan fingerprint density at radius 3 is 2.74 bits per heavy atom. The van der Waals surface area contributed by atoms with E-state index in [1.165, 1.54) is 0 Å². The molecule has 0 fully saturated rings. The third kappa shape index (κ3) is 3.55. The second-order valence-electron chi connectivity index (χ2n) is 3.98.